The Balaban J connectivity index is 1.40. The summed E-state index contributed by atoms with van der Waals surface area (Å²) < 4.78 is 35.7. The first-order valence-corrected chi connectivity index (χ1v) is 12.3. The van der Waals surface area contributed by atoms with E-state index in [4.69, 9.17) is 0 Å². The fraction of sp³-hybridized carbons (Fsp3) is 0.136. The highest BCUT2D eigenvalue weighted by Gasteiger charge is 2.28. The van der Waals surface area contributed by atoms with Gasteiger partial charge >= 0.3 is 0 Å². The van der Waals surface area contributed by atoms with Crippen LogP contribution < -0.4 is 5.32 Å². The Morgan fingerprint density at radius 1 is 1.12 bits per heavy atom. The van der Waals surface area contributed by atoms with E-state index in [0.29, 0.717) is 34.7 Å². The number of fused-ring (bicyclic) bond motifs is 1. The molecule has 0 radical (unpaired) electrons. The van der Waals surface area contributed by atoms with Crippen LogP contribution in [0, 0.1) is 5.82 Å². The Hall–Kier alpha value is -3.47. The summed E-state index contributed by atoms with van der Waals surface area (Å²) in [5.74, 6) is 1.08. The van der Waals surface area contributed by atoms with E-state index < -0.39 is 9.31 Å². The number of benzene rings is 2. The average molecular weight is 453 g/mol. The molecular weight excluding hydrogens is 431 g/mol. The Bertz CT molecular complexity index is 1410. The number of hydrogen-bond donors (Lipinski definition) is 4. The maximum atomic E-state index is 13.6. The molecule has 10 heteroatoms. The van der Waals surface area contributed by atoms with Gasteiger partial charge in [-0.15, -0.1) is 0 Å². The van der Waals surface area contributed by atoms with Crippen LogP contribution in [-0.4, -0.2) is 46.1 Å². The van der Waals surface area contributed by atoms with Crippen LogP contribution in [0.5, 0.6) is 0 Å². The summed E-state index contributed by atoms with van der Waals surface area (Å²) in [5, 5.41) is 12.1. The summed E-state index contributed by atoms with van der Waals surface area (Å²) in [4.78, 5) is 13.0. The molecule has 0 atom stereocenters. The van der Waals surface area contributed by atoms with Crippen LogP contribution in [0.25, 0.3) is 10.9 Å². The highest BCUT2D eigenvalue weighted by Crippen LogP contribution is 2.56. The molecule has 0 saturated carbocycles. The molecule has 0 saturated heterocycles. The minimum atomic E-state index is -3.73. The molecule has 0 fully saturated rings. The van der Waals surface area contributed by atoms with Gasteiger partial charge in [-0.05, 0) is 29.8 Å². The van der Waals surface area contributed by atoms with E-state index in [1.807, 2.05) is 30.3 Å². The van der Waals surface area contributed by atoms with Crippen molar-refractivity contribution < 1.29 is 13.5 Å². The van der Waals surface area contributed by atoms with Crippen molar-refractivity contribution in [2.75, 3.05) is 11.1 Å². The summed E-state index contributed by atoms with van der Waals surface area (Å²) in [6.45, 7) is 0. The van der Waals surface area contributed by atoms with Gasteiger partial charge in [-0.2, -0.15) is 10.1 Å². The van der Waals surface area contributed by atoms with Gasteiger partial charge in [0.1, 0.15) is 11.6 Å². The lowest BCUT2D eigenvalue weighted by Crippen LogP contribution is -2.12. The molecule has 0 spiro atoms. The third-order valence-corrected chi connectivity index (χ3v) is 8.07. The molecule has 1 aliphatic heterocycles. The van der Waals surface area contributed by atoms with Crippen LogP contribution in [0.1, 0.15) is 12.0 Å². The maximum absolute atomic E-state index is 13.6. The number of aromatic amines is 1. The van der Waals surface area contributed by atoms with E-state index in [-0.39, 0.29) is 23.3 Å². The zero-order valence-electron chi connectivity index (χ0n) is 16.9. The summed E-state index contributed by atoms with van der Waals surface area (Å²) in [7, 11) is -3.73. The van der Waals surface area contributed by atoms with Gasteiger partial charge in [0.25, 0.3) is 5.95 Å². The number of halogens is 1. The van der Waals surface area contributed by atoms with Crippen molar-refractivity contribution in [2.45, 2.75) is 12.2 Å². The molecule has 8 nitrogen and oxygen atoms in total. The van der Waals surface area contributed by atoms with Crippen LogP contribution in [-0.2, 0) is 5.75 Å². The summed E-state index contributed by atoms with van der Waals surface area (Å²) >= 11 is 0. The van der Waals surface area contributed by atoms with Crippen molar-refractivity contribution in [1.29, 1.82) is 0 Å². The normalized spacial score (nSPS) is 19.3. The number of rotatable bonds is 5. The number of hydrogen-bond acceptors (Lipinski definition) is 7. The lowest BCUT2D eigenvalue weighted by Gasteiger charge is -2.41. The molecule has 5 rings (SSSR count). The molecule has 0 amide bonds. The standard InChI is InChI=1S/C22H21FN6O2S/c23-16-6-7-19-18(12-16)21(29-28-19)26-20-8-10-24-22(27-20)25-17-9-11-32(30,31,14-17)13-15-4-2-1-3-5-15/h1-8,10,12,14,30-31H,9,11,13H2,(H2,24,26,27,28,29). The van der Waals surface area contributed by atoms with E-state index in [2.05, 4.69) is 30.5 Å². The van der Waals surface area contributed by atoms with Gasteiger partial charge in [0.15, 0.2) is 5.82 Å². The van der Waals surface area contributed by atoms with Crippen molar-refractivity contribution in [3.05, 3.63) is 72.2 Å². The van der Waals surface area contributed by atoms with Crippen molar-refractivity contribution >= 4 is 48.9 Å². The van der Waals surface area contributed by atoms with Crippen LogP contribution in [0.2, 0.25) is 0 Å². The number of nitrogens with one attached hydrogen (secondary N) is 2. The molecule has 4 aromatic rings. The monoisotopic (exact) mass is 452 g/mol. The van der Waals surface area contributed by atoms with Gasteiger partial charge in [-0.1, -0.05) is 30.3 Å². The van der Waals surface area contributed by atoms with Gasteiger partial charge in [0.05, 0.1) is 17.0 Å². The molecule has 0 unspecified atom stereocenters. The fourth-order valence-corrected chi connectivity index (χ4v) is 6.41. The van der Waals surface area contributed by atoms with Gasteiger partial charge in [0, 0.05) is 29.1 Å². The molecule has 0 aliphatic carbocycles. The molecule has 2 aromatic carbocycles. The molecule has 2 aromatic heterocycles. The fourth-order valence-electron chi connectivity index (χ4n) is 3.70. The summed E-state index contributed by atoms with van der Waals surface area (Å²) in [5.41, 5.74) is 2.10. The number of aromatic nitrogens is 4. The van der Waals surface area contributed by atoms with E-state index in [1.54, 1.807) is 18.3 Å². The van der Waals surface area contributed by atoms with E-state index >= 15 is 0 Å². The minimum absolute atomic E-state index is 0.169. The second-order valence-electron chi connectivity index (χ2n) is 7.78. The molecule has 32 heavy (non-hydrogen) atoms. The van der Waals surface area contributed by atoms with Crippen LogP contribution >= 0.6 is 9.31 Å². The Morgan fingerprint density at radius 2 is 1.97 bits per heavy atom. The number of anilines is 2. The summed E-state index contributed by atoms with van der Waals surface area (Å²) in [6, 6.07) is 15.4. The van der Waals surface area contributed by atoms with Crippen molar-refractivity contribution in [3.63, 3.8) is 0 Å². The van der Waals surface area contributed by atoms with Gasteiger partial charge in [-0.3, -0.25) is 5.10 Å². The van der Waals surface area contributed by atoms with Crippen molar-refractivity contribution in [2.24, 2.45) is 4.99 Å². The first-order valence-electron chi connectivity index (χ1n) is 9.96. The predicted octanol–water partition coefficient (Wildman–Crippen LogP) is 5.00. The Labute approximate surface area is 183 Å². The lowest BCUT2D eigenvalue weighted by molar-refractivity contribution is 0.481. The van der Waals surface area contributed by atoms with E-state index in [0.717, 1.165) is 5.56 Å². The SMILES string of the molecule is OS1(O)(Cc2ccccc2)=CC(=Nc2nccc(Nc3n[nH]c4ccc(F)cc34)n2)CC1. The zero-order valence-corrected chi connectivity index (χ0v) is 17.8. The van der Waals surface area contributed by atoms with Crippen LogP contribution in [0.3, 0.4) is 0 Å². The first kappa shape index (κ1) is 20.4. The second kappa shape index (κ2) is 7.59. The Kier molecular flexibility index (Phi) is 4.85. The Morgan fingerprint density at radius 3 is 2.81 bits per heavy atom. The van der Waals surface area contributed by atoms with E-state index in [9.17, 15) is 13.5 Å². The van der Waals surface area contributed by atoms with Gasteiger partial charge in [0.2, 0.25) is 0 Å². The average Bonchev–Trinajstić information content (AvgIpc) is 3.29. The first-order chi connectivity index (χ1) is 15.3. The zero-order chi connectivity index (χ0) is 22.2. The summed E-state index contributed by atoms with van der Waals surface area (Å²) in [6.07, 6.45) is 1.96. The predicted molar refractivity (Wildman–Crippen MR) is 127 cm³/mol. The van der Waals surface area contributed by atoms with Crippen molar-refractivity contribution in [1.82, 2.24) is 20.2 Å². The third-order valence-electron chi connectivity index (χ3n) is 5.19. The highest BCUT2D eigenvalue weighted by molar-refractivity contribution is 8.38. The molecule has 164 valence electrons. The molecule has 0 bridgehead atoms. The van der Waals surface area contributed by atoms with E-state index in [1.165, 1.54) is 17.5 Å². The minimum Gasteiger partial charge on any atom is -0.323 e. The number of aliphatic imine (C=N–C) groups is 1. The quantitative estimate of drug-likeness (QED) is 0.316. The third kappa shape index (κ3) is 4.28. The van der Waals surface area contributed by atoms with Crippen LogP contribution in [0.4, 0.5) is 22.0 Å². The molecule has 1 aliphatic rings. The molecule has 4 N–H and O–H groups in total. The molecular formula is C22H21FN6O2S. The second-order valence-corrected chi connectivity index (χ2v) is 11.4. The maximum Gasteiger partial charge on any atom is 0.251 e. The topological polar surface area (TPSA) is 119 Å². The van der Waals surface area contributed by atoms with Gasteiger partial charge in [-0.25, -0.2) is 23.7 Å². The largest absolute Gasteiger partial charge is 0.323 e. The molecule has 3 heterocycles. The van der Waals surface area contributed by atoms with Gasteiger partial charge < -0.3 is 14.4 Å². The number of H-pyrrole nitrogens is 1. The smallest absolute Gasteiger partial charge is 0.251 e. The lowest BCUT2D eigenvalue weighted by atomic mass is 10.2. The van der Waals surface area contributed by atoms with Crippen molar-refractivity contribution in [3.8, 4) is 0 Å². The number of nitrogens with zero attached hydrogens (tertiary/aromatic N) is 4. The highest BCUT2D eigenvalue weighted by atomic mass is 32.3. The van der Waals surface area contributed by atoms with Crippen LogP contribution in [0.15, 0.2) is 65.8 Å².